The molecule has 8 nitrogen and oxygen atoms in total. The third-order valence-corrected chi connectivity index (χ3v) is 8.30. The minimum Gasteiger partial charge on any atom is -0.390 e. The number of hydrogen-bond acceptors (Lipinski definition) is 5. The summed E-state index contributed by atoms with van der Waals surface area (Å²) in [4.78, 5) is 31.7. The molecule has 0 saturated carbocycles. The summed E-state index contributed by atoms with van der Waals surface area (Å²) in [5, 5.41) is 14.0. The Morgan fingerprint density at radius 3 is 2.50 bits per heavy atom. The van der Waals surface area contributed by atoms with Gasteiger partial charge in [-0.2, -0.15) is 5.10 Å². The lowest BCUT2D eigenvalue weighted by Gasteiger charge is -2.37. The van der Waals surface area contributed by atoms with Crippen LogP contribution >= 0.6 is 0 Å². The van der Waals surface area contributed by atoms with E-state index < -0.39 is 30.5 Å². The number of amides is 2. The summed E-state index contributed by atoms with van der Waals surface area (Å²) in [6, 6.07) is 6.18. The highest BCUT2D eigenvalue weighted by molar-refractivity contribution is 5.94. The van der Waals surface area contributed by atoms with Crippen LogP contribution in [0.5, 0.6) is 0 Å². The largest absolute Gasteiger partial charge is 0.390 e. The predicted octanol–water partition coefficient (Wildman–Crippen LogP) is 2.69. The Balaban J connectivity index is 1.31. The van der Waals surface area contributed by atoms with Gasteiger partial charge >= 0.3 is 0 Å². The molecular formula is C27H34F3N5O3. The monoisotopic (exact) mass is 533 g/mol. The Labute approximate surface area is 220 Å². The fourth-order valence-electron chi connectivity index (χ4n) is 5.87. The molecule has 2 aliphatic heterocycles. The fraction of sp³-hybridized carbons (Fsp3) is 0.593. The maximum atomic E-state index is 14.1. The zero-order valence-electron chi connectivity index (χ0n) is 21.7. The summed E-state index contributed by atoms with van der Waals surface area (Å²) >= 11 is 0. The minimum atomic E-state index is -2.67. The first-order chi connectivity index (χ1) is 18.2. The van der Waals surface area contributed by atoms with Crippen molar-refractivity contribution in [1.82, 2.24) is 19.6 Å². The smallest absolute Gasteiger partial charge is 0.274 e. The van der Waals surface area contributed by atoms with Crippen molar-refractivity contribution in [3.63, 3.8) is 0 Å². The number of carbonyl (C=O) groups is 2. The lowest BCUT2D eigenvalue weighted by molar-refractivity contribution is -0.132. The van der Waals surface area contributed by atoms with Gasteiger partial charge in [-0.25, -0.2) is 13.2 Å². The molecule has 0 radical (unpaired) electrons. The predicted molar refractivity (Wildman–Crippen MR) is 135 cm³/mol. The topological polar surface area (TPSA) is 81.9 Å². The summed E-state index contributed by atoms with van der Waals surface area (Å²) < 4.78 is 43.2. The number of piperidine rings is 1. The molecule has 11 heteroatoms. The zero-order valence-corrected chi connectivity index (χ0v) is 21.7. The van der Waals surface area contributed by atoms with Gasteiger partial charge in [0.05, 0.1) is 12.6 Å². The van der Waals surface area contributed by atoms with E-state index >= 15 is 0 Å². The highest BCUT2D eigenvalue weighted by Gasteiger charge is 2.41. The van der Waals surface area contributed by atoms with E-state index in [0.29, 0.717) is 38.3 Å². The molecule has 1 unspecified atom stereocenters. The number of rotatable bonds is 5. The molecule has 206 valence electrons. The SMILES string of the molecule is Cc1cccc(N2CCN(C(=O)Cn3nc(C(=O)N4CC[C@H](O)[C@H](F)C4)c4c3CCC4C(F)F)CC2)c1C. The van der Waals surface area contributed by atoms with E-state index in [0.717, 1.165) is 5.69 Å². The number of carbonyl (C=O) groups excluding carboxylic acids is 2. The molecule has 38 heavy (non-hydrogen) atoms. The number of aliphatic hydroxyl groups is 1. The summed E-state index contributed by atoms with van der Waals surface area (Å²) in [5.74, 6) is -1.96. The Morgan fingerprint density at radius 2 is 1.82 bits per heavy atom. The average Bonchev–Trinajstić information content (AvgIpc) is 3.48. The molecule has 0 bridgehead atoms. The van der Waals surface area contributed by atoms with Crippen LogP contribution in [0, 0.1) is 13.8 Å². The van der Waals surface area contributed by atoms with Crippen LogP contribution in [0.4, 0.5) is 18.9 Å². The van der Waals surface area contributed by atoms with Crippen LogP contribution in [-0.2, 0) is 17.8 Å². The lowest BCUT2D eigenvalue weighted by Crippen LogP contribution is -2.50. The van der Waals surface area contributed by atoms with Crippen molar-refractivity contribution in [3.05, 3.63) is 46.3 Å². The van der Waals surface area contributed by atoms with Crippen molar-refractivity contribution in [2.24, 2.45) is 0 Å². The molecule has 2 saturated heterocycles. The fourth-order valence-corrected chi connectivity index (χ4v) is 5.87. The first-order valence-corrected chi connectivity index (χ1v) is 13.2. The summed E-state index contributed by atoms with van der Waals surface area (Å²) in [7, 11) is 0. The van der Waals surface area contributed by atoms with Crippen molar-refractivity contribution in [2.75, 3.05) is 44.2 Å². The molecule has 1 aliphatic carbocycles. The Hall–Kier alpha value is -3.08. The third kappa shape index (κ3) is 4.88. The highest BCUT2D eigenvalue weighted by Crippen LogP contribution is 2.40. The number of fused-ring (bicyclic) bond motifs is 1. The maximum absolute atomic E-state index is 14.1. The van der Waals surface area contributed by atoms with Gasteiger partial charge in [0.2, 0.25) is 12.3 Å². The number of anilines is 1. The number of aliphatic hydroxyl groups excluding tert-OH is 1. The minimum absolute atomic E-state index is 0.0701. The second kappa shape index (κ2) is 10.6. The van der Waals surface area contributed by atoms with Crippen molar-refractivity contribution in [3.8, 4) is 0 Å². The third-order valence-electron chi connectivity index (χ3n) is 8.30. The molecule has 5 rings (SSSR count). The van der Waals surface area contributed by atoms with Crippen LogP contribution in [0.25, 0.3) is 0 Å². The van der Waals surface area contributed by atoms with Gasteiger partial charge in [0.15, 0.2) is 5.69 Å². The highest BCUT2D eigenvalue weighted by atomic mass is 19.3. The number of aryl methyl sites for hydroxylation is 1. The van der Waals surface area contributed by atoms with Crippen LogP contribution in [0.3, 0.4) is 0 Å². The molecule has 3 heterocycles. The quantitative estimate of drug-likeness (QED) is 0.639. The van der Waals surface area contributed by atoms with Gasteiger partial charge in [-0.15, -0.1) is 0 Å². The number of alkyl halides is 3. The first kappa shape index (κ1) is 26.5. The number of piperazine rings is 1. The number of hydrogen-bond donors (Lipinski definition) is 1. The lowest BCUT2D eigenvalue weighted by atomic mass is 10.0. The van der Waals surface area contributed by atoms with Crippen LogP contribution in [0.1, 0.15) is 51.6 Å². The molecule has 2 fully saturated rings. The van der Waals surface area contributed by atoms with Crippen LogP contribution in [-0.4, -0.2) is 94.5 Å². The van der Waals surface area contributed by atoms with Crippen molar-refractivity contribution in [1.29, 1.82) is 0 Å². The molecule has 2 amide bonds. The maximum Gasteiger partial charge on any atom is 0.274 e. The van der Waals surface area contributed by atoms with Gasteiger partial charge in [-0.3, -0.25) is 14.3 Å². The van der Waals surface area contributed by atoms with Gasteiger partial charge in [0.25, 0.3) is 5.91 Å². The molecule has 0 spiro atoms. The van der Waals surface area contributed by atoms with Crippen LogP contribution < -0.4 is 4.90 Å². The molecule has 1 aromatic heterocycles. The number of likely N-dealkylation sites (tertiary alicyclic amines) is 1. The van der Waals surface area contributed by atoms with E-state index in [2.05, 4.69) is 36.0 Å². The van der Waals surface area contributed by atoms with Gasteiger partial charge < -0.3 is 19.8 Å². The Kier molecular flexibility index (Phi) is 7.39. The standard InChI is InChI=1S/C27H34F3N5O3/c1-16-4-3-5-20(17(16)2)32-10-12-33(13-11-32)23(37)15-35-21-7-6-18(26(29)30)24(21)25(31-35)27(38)34-9-8-22(36)19(28)14-34/h3-5,18-19,22,26,36H,6-15H2,1-2H3/t18?,19-,22+/m1/s1. The van der Waals surface area contributed by atoms with E-state index in [1.807, 2.05) is 6.07 Å². The molecular weight excluding hydrogens is 499 g/mol. The molecule has 1 aromatic carbocycles. The van der Waals surface area contributed by atoms with E-state index in [1.165, 1.54) is 20.7 Å². The van der Waals surface area contributed by atoms with Gasteiger partial charge in [0.1, 0.15) is 12.7 Å². The average molecular weight is 534 g/mol. The second-order valence-electron chi connectivity index (χ2n) is 10.6. The normalized spacial score (nSPS) is 23.8. The number of halogens is 3. The Bertz CT molecular complexity index is 1210. The van der Waals surface area contributed by atoms with Crippen LogP contribution in [0.15, 0.2) is 18.2 Å². The summed E-state index contributed by atoms with van der Waals surface area (Å²) in [5.41, 5.74) is 4.12. The number of aromatic nitrogens is 2. The van der Waals surface area contributed by atoms with Crippen molar-refractivity contribution in [2.45, 2.75) is 64.3 Å². The van der Waals surface area contributed by atoms with Gasteiger partial charge in [0, 0.05) is 55.6 Å². The molecule has 3 aliphatic rings. The molecule has 2 aromatic rings. The van der Waals surface area contributed by atoms with Crippen LogP contribution in [0.2, 0.25) is 0 Å². The van der Waals surface area contributed by atoms with E-state index in [4.69, 9.17) is 0 Å². The van der Waals surface area contributed by atoms with E-state index in [1.54, 1.807) is 4.90 Å². The summed E-state index contributed by atoms with van der Waals surface area (Å²) in [6.45, 7) is 6.22. The second-order valence-corrected chi connectivity index (χ2v) is 10.6. The number of nitrogens with zero attached hydrogens (tertiary/aromatic N) is 5. The molecule has 3 atom stereocenters. The van der Waals surface area contributed by atoms with E-state index in [-0.39, 0.29) is 49.6 Å². The van der Waals surface area contributed by atoms with E-state index in [9.17, 15) is 27.9 Å². The molecule has 1 N–H and O–H groups in total. The van der Waals surface area contributed by atoms with Gasteiger partial charge in [-0.1, -0.05) is 12.1 Å². The van der Waals surface area contributed by atoms with Crippen molar-refractivity contribution >= 4 is 17.5 Å². The van der Waals surface area contributed by atoms with Crippen molar-refractivity contribution < 1.29 is 27.9 Å². The first-order valence-electron chi connectivity index (χ1n) is 13.2. The zero-order chi connectivity index (χ0) is 27.1. The number of benzene rings is 1. The summed E-state index contributed by atoms with van der Waals surface area (Å²) in [6.07, 6.45) is -4.89. The Morgan fingerprint density at radius 1 is 1.08 bits per heavy atom. The van der Waals surface area contributed by atoms with Gasteiger partial charge in [-0.05, 0) is 50.3 Å².